The summed E-state index contributed by atoms with van der Waals surface area (Å²) in [4.78, 5) is 18.2. The quantitative estimate of drug-likeness (QED) is 0.881. The highest BCUT2D eigenvalue weighted by atomic mass is 16.2. The van der Waals surface area contributed by atoms with E-state index < -0.39 is 0 Å². The van der Waals surface area contributed by atoms with E-state index in [4.69, 9.17) is 5.73 Å². The van der Waals surface area contributed by atoms with Crippen LogP contribution in [0.2, 0.25) is 0 Å². The van der Waals surface area contributed by atoms with Crippen molar-refractivity contribution in [1.82, 2.24) is 10.3 Å². The summed E-state index contributed by atoms with van der Waals surface area (Å²) in [5.41, 5.74) is 7.34. The molecule has 1 fully saturated rings. The van der Waals surface area contributed by atoms with Crippen molar-refractivity contribution >= 4 is 17.3 Å². The fourth-order valence-corrected chi connectivity index (χ4v) is 2.67. The maximum atomic E-state index is 12.3. The summed E-state index contributed by atoms with van der Waals surface area (Å²) in [6.07, 6.45) is 9.21. The number of nitrogens with zero attached hydrogens (tertiary/aromatic N) is 2. The zero-order chi connectivity index (χ0) is 14.5. The van der Waals surface area contributed by atoms with E-state index in [2.05, 4.69) is 10.3 Å². The third-order valence-corrected chi connectivity index (χ3v) is 4.12. The van der Waals surface area contributed by atoms with Crippen molar-refractivity contribution in [1.29, 1.82) is 0 Å². The van der Waals surface area contributed by atoms with Gasteiger partial charge in [-0.15, -0.1) is 0 Å². The highest BCUT2D eigenvalue weighted by Crippen LogP contribution is 2.22. The Morgan fingerprint density at radius 2 is 2.15 bits per heavy atom. The molecule has 5 heteroatoms. The molecule has 0 radical (unpaired) electrons. The van der Waals surface area contributed by atoms with Crippen LogP contribution in [0.25, 0.3) is 0 Å². The van der Waals surface area contributed by atoms with Gasteiger partial charge in [0.25, 0.3) is 0 Å². The minimum atomic E-state index is -0.248. The van der Waals surface area contributed by atoms with Gasteiger partial charge in [-0.05, 0) is 25.8 Å². The third kappa shape index (κ3) is 3.40. The average molecular weight is 276 g/mol. The molecule has 1 aromatic heterocycles. The Hall–Kier alpha value is -1.78. The number of likely N-dealkylation sites (N-methyl/N-ethyl adjacent to an activating group) is 1. The molecular formula is C15H24N4O. The number of rotatable bonds is 4. The Labute approximate surface area is 120 Å². The van der Waals surface area contributed by atoms with Crippen molar-refractivity contribution in [3.8, 4) is 0 Å². The van der Waals surface area contributed by atoms with Crippen LogP contribution in [-0.4, -0.2) is 30.0 Å². The van der Waals surface area contributed by atoms with Crippen LogP contribution in [-0.2, 0) is 4.79 Å². The van der Waals surface area contributed by atoms with Crippen LogP contribution < -0.4 is 16.0 Å². The molecule has 1 amide bonds. The first kappa shape index (κ1) is 14.6. The highest BCUT2D eigenvalue weighted by molar-refractivity contribution is 5.86. The zero-order valence-corrected chi connectivity index (χ0v) is 12.3. The Balaban J connectivity index is 1.97. The summed E-state index contributed by atoms with van der Waals surface area (Å²) in [5.74, 6) is 0.0654. The molecule has 2 rings (SSSR count). The lowest BCUT2D eigenvalue weighted by atomic mass is 9.95. The van der Waals surface area contributed by atoms with E-state index >= 15 is 0 Å². The van der Waals surface area contributed by atoms with Gasteiger partial charge in [0, 0.05) is 19.3 Å². The summed E-state index contributed by atoms with van der Waals surface area (Å²) in [7, 11) is 1.89. The second kappa shape index (κ2) is 6.59. The Morgan fingerprint density at radius 3 is 2.80 bits per heavy atom. The molecule has 1 unspecified atom stereocenters. The normalized spacial score (nSPS) is 17.5. The number of nitrogens with one attached hydrogen (secondary N) is 1. The summed E-state index contributed by atoms with van der Waals surface area (Å²) < 4.78 is 0. The predicted octanol–water partition coefficient (Wildman–Crippen LogP) is 1.94. The molecule has 5 nitrogen and oxygen atoms in total. The van der Waals surface area contributed by atoms with Gasteiger partial charge in [0.05, 0.1) is 17.6 Å². The van der Waals surface area contributed by atoms with Crippen LogP contribution in [0.1, 0.15) is 39.0 Å². The van der Waals surface area contributed by atoms with Gasteiger partial charge in [0.2, 0.25) is 5.91 Å². The van der Waals surface area contributed by atoms with Gasteiger partial charge in [-0.1, -0.05) is 19.3 Å². The Morgan fingerprint density at radius 1 is 1.45 bits per heavy atom. The van der Waals surface area contributed by atoms with E-state index in [1.807, 2.05) is 24.9 Å². The van der Waals surface area contributed by atoms with Crippen LogP contribution in [0.15, 0.2) is 18.5 Å². The molecule has 0 bridgehead atoms. The Kier molecular flexibility index (Phi) is 4.82. The second-order valence-electron chi connectivity index (χ2n) is 5.56. The first-order valence-corrected chi connectivity index (χ1v) is 7.32. The van der Waals surface area contributed by atoms with Crippen LogP contribution in [0, 0.1) is 0 Å². The van der Waals surface area contributed by atoms with Crippen molar-refractivity contribution in [2.24, 2.45) is 0 Å². The summed E-state index contributed by atoms with van der Waals surface area (Å²) in [5, 5.41) is 3.15. The molecule has 0 aromatic carbocycles. The van der Waals surface area contributed by atoms with Crippen molar-refractivity contribution < 1.29 is 4.79 Å². The zero-order valence-electron chi connectivity index (χ0n) is 12.3. The van der Waals surface area contributed by atoms with Gasteiger partial charge in [-0.25, -0.2) is 0 Å². The number of carbonyl (C=O) groups excluding carboxylic acids is 1. The van der Waals surface area contributed by atoms with Crippen LogP contribution in [0.4, 0.5) is 11.4 Å². The molecule has 3 N–H and O–H groups in total. The van der Waals surface area contributed by atoms with E-state index in [-0.39, 0.29) is 11.9 Å². The molecule has 20 heavy (non-hydrogen) atoms. The monoisotopic (exact) mass is 276 g/mol. The summed E-state index contributed by atoms with van der Waals surface area (Å²) in [6, 6.07) is 1.92. The molecule has 1 aromatic rings. The Bertz CT molecular complexity index is 457. The van der Waals surface area contributed by atoms with Crippen molar-refractivity contribution in [3.05, 3.63) is 18.5 Å². The number of carbonyl (C=O) groups is 1. The lowest BCUT2D eigenvalue weighted by Gasteiger charge is -2.30. The number of hydrogen-bond acceptors (Lipinski definition) is 4. The van der Waals surface area contributed by atoms with Gasteiger partial charge < -0.3 is 16.0 Å². The molecule has 0 aliphatic heterocycles. The maximum Gasteiger partial charge on any atom is 0.242 e. The molecule has 1 aliphatic rings. The van der Waals surface area contributed by atoms with Crippen molar-refractivity contribution in [2.45, 2.75) is 51.1 Å². The van der Waals surface area contributed by atoms with Crippen LogP contribution in [0.3, 0.4) is 0 Å². The highest BCUT2D eigenvalue weighted by Gasteiger charge is 2.23. The lowest BCUT2D eigenvalue weighted by molar-refractivity contribution is -0.122. The number of hydrogen-bond donors (Lipinski definition) is 2. The van der Waals surface area contributed by atoms with Gasteiger partial charge >= 0.3 is 0 Å². The first-order valence-electron chi connectivity index (χ1n) is 7.32. The molecule has 0 spiro atoms. The lowest BCUT2D eigenvalue weighted by Crippen LogP contribution is -2.47. The van der Waals surface area contributed by atoms with E-state index in [1.165, 1.54) is 19.3 Å². The molecule has 110 valence electrons. The topological polar surface area (TPSA) is 71.2 Å². The molecule has 1 atom stereocenters. The minimum Gasteiger partial charge on any atom is -0.396 e. The second-order valence-corrected chi connectivity index (χ2v) is 5.56. The summed E-state index contributed by atoms with van der Waals surface area (Å²) in [6.45, 7) is 1.90. The van der Waals surface area contributed by atoms with Gasteiger partial charge in [-0.3, -0.25) is 9.78 Å². The standard InChI is InChI=1S/C15H24N4O/c1-11(15(20)18-12-6-4-3-5-7-12)19(2)14-8-9-17-10-13(14)16/h8-12H,3-7,16H2,1-2H3,(H,18,20). The smallest absolute Gasteiger partial charge is 0.242 e. The average Bonchev–Trinajstić information content (AvgIpc) is 2.47. The summed E-state index contributed by atoms with van der Waals surface area (Å²) >= 11 is 0. The van der Waals surface area contributed by atoms with E-state index in [9.17, 15) is 4.79 Å². The SMILES string of the molecule is CC(C(=O)NC1CCCCC1)N(C)c1ccncc1N. The molecule has 1 heterocycles. The number of nitrogens with two attached hydrogens (primary N) is 1. The van der Waals surface area contributed by atoms with Gasteiger partial charge in [0.15, 0.2) is 0 Å². The third-order valence-electron chi connectivity index (χ3n) is 4.12. The molecule has 1 aliphatic carbocycles. The fourth-order valence-electron chi connectivity index (χ4n) is 2.67. The number of pyridine rings is 1. The number of anilines is 2. The number of aromatic nitrogens is 1. The van der Waals surface area contributed by atoms with Crippen LogP contribution in [0.5, 0.6) is 0 Å². The predicted molar refractivity (Wildman–Crippen MR) is 81.5 cm³/mol. The van der Waals surface area contributed by atoms with Gasteiger partial charge in [-0.2, -0.15) is 0 Å². The first-order chi connectivity index (χ1) is 9.59. The minimum absolute atomic E-state index is 0.0654. The van der Waals surface area contributed by atoms with Crippen molar-refractivity contribution in [3.63, 3.8) is 0 Å². The number of amides is 1. The maximum absolute atomic E-state index is 12.3. The molecular weight excluding hydrogens is 252 g/mol. The van der Waals surface area contributed by atoms with E-state index in [0.29, 0.717) is 11.7 Å². The molecule has 1 saturated carbocycles. The van der Waals surface area contributed by atoms with E-state index in [1.54, 1.807) is 12.4 Å². The van der Waals surface area contributed by atoms with E-state index in [0.717, 1.165) is 18.5 Å². The largest absolute Gasteiger partial charge is 0.396 e. The van der Waals surface area contributed by atoms with Gasteiger partial charge in [0.1, 0.15) is 6.04 Å². The van der Waals surface area contributed by atoms with Crippen molar-refractivity contribution in [2.75, 3.05) is 17.7 Å². The fraction of sp³-hybridized carbons (Fsp3) is 0.600. The number of nitrogen functional groups attached to an aromatic ring is 1. The van der Waals surface area contributed by atoms with Crippen LogP contribution >= 0.6 is 0 Å². The molecule has 0 saturated heterocycles.